The molecule has 0 aliphatic carbocycles. The number of aromatic amines is 2. The van der Waals surface area contributed by atoms with Crippen molar-refractivity contribution in [2.75, 3.05) is 0 Å². The summed E-state index contributed by atoms with van der Waals surface area (Å²) in [6, 6.07) is 11.6. The number of hydrogen-bond donors (Lipinski definition) is 2. The molecule has 14 aromatic heterocycles. The number of thiazole rings is 1. The van der Waals surface area contributed by atoms with Crippen LogP contribution in [-0.2, 0) is 14.0 Å². The molecule has 27 nitrogen and oxygen atoms in total. The third kappa shape index (κ3) is 47.7. The van der Waals surface area contributed by atoms with Crippen LogP contribution in [0.4, 0.5) is 0 Å². The van der Waals surface area contributed by atoms with Gasteiger partial charge in [-0.1, -0.05) is 149 Å². The highest BCUT2D eigenvalue weighted by Gasteiger charge is 2.09. The Kier molecular flexibility index (Phi) is 51.2. The molecule has 0 unspecified atom stereocenters. The summed E-state index contributed by atoms with van der Waals surface area (Å²) in [4.78, 5) is 21.5. The minimum absolute atomic E-state index is 0.188. The Hall–Kier alpha value is -9.59. The molecule has 0 fully saturated rings. The normalized spacial score (nSPS) is 11.0. The van der Waals surface area contributed by atoms with E-state index >= 15 is 0 Å². The molecule has 0 radical (unpaired) electrons. The summed E-state index contributed by atoms with van der Waals surface area (Å²) in [5, 5.41) is 43.7. The predicted molar refractivity (Wildman–Crippen MR) is 485 cm³/mol. The van der Waals surface area contributed by atoms with Crippen LogP contribution in [0, 0.1) is 27.7 Å². The van der Waals surface area contributed by atoms with E-state index in [4.69, 9.17) is 17.5 Å². The SMILES string of the molecule is CC(C)c1c[nH][n+](C)c1.CC(C)c1ccns1.CC(C)c1cn[nH]c1.CC(C)c1cnco1.CC(C)c1cnsc1.CC(C)n1cccn1.CC(C)n1ccnn1.CC(C)n1cncn1.CC(C)n1nccn1.Cc1cc(C(C)C)on1.Cc1cc(C(C)C)sn1.Cc1ncc(C(C)C)o1.Cc1ncc(C(C)C)s1.[2H]C([2H])([2H])n1nccc1C(C)C. The highest BCUT2D eigenvalue weighted by molar-refractivity contribution is 7.11. The summed E-state index contributed by atoms with van der Waals surface area (Å²) in [5.41, 5.74) is 6.81. The lowest BCUT2D eigenvalue weighted by Crippen LogP contribution is -2.28. The van der Waals surface area contributed by atoms with Crippen LogP contribution < -0.4 is 4.68 Å². The quantitative estimate of drug-likeness (QED) is 0.0956. The van der Waals surface area contributed by atoms with E-state index in [9.17, 15) is 0 Å². The monoisotopic (exact) mass is 1700 g/mol. The summed E-state index contributed by atoms with van der Waals surface area (Å²) in [5.74, 6) is 8.94. The zero-order valence-electron chi connectivity index (χ0n) is 79.7. The third-order valence-corrected chi connectivity index (χ3v) is 19.8. The molecule has 0 atom stereocenters. The molecule has 14 aromatic rings. The van der Waals surface area contributed by atoms with Crippen LogP contribution >= 0.6 is 45.9 Å². The van der Waals surface area contributed by atoms with Gasteiger partial charge >= 0.3 is 0 Å². The lowest BCUT2D eigenvalue weighted by atomic mass is 10.1. The molecular weight excluding hydrogens is 1560 g/mol. The Labute approximate surface area is 725 Å². The molecule has 0 aromatic carbocycles. The highest BCUT2D eigenvalue weighted by atomic mass is 32.1. The molecule has 0 saturated heterocycles. The molecule has 2 N–H and O–H groups in total. The van der Waals surface area contributed by atoms with Crippen molar-refractivity contribution >= 4 is 45.9 Å². The van der Waals surface area contributed by atoms with Crippen LogP contribution in [-0.4, -0.2) is 113 Å². The predicted octanol–water partition coefficient (Wildman–Crippen LogP) is 23.8. The zero-order chi connectivity index (χ0) is 91.5. The average molecular weight is 1700 g/mol. The average Bonchev–Trinajstić information content (AvgIpc) is 1.69. The van der Waals surface area contributed by atoms with E-state index in [1.54, 1.807) is 104 Å². The van der Waals surface area contributed by atoms with E-state index < -0.39 is 6.98 Å². The van der Waals surface area contributed by atoms with Crippen LogP contribution in [0.3, 0.4) is 0 Å². The Balaban J connectivity index is 0.000000652. The Morgan fingerprint density at radius 3 is 1.38 bits per heavy atom. The van der Waals surface area contributed by atoms with Crippen LogP contribution in [0.1, 0.15) is 358 Å². The van der Waals surface area contributed by atoms with Crippen molar-refractivity contribution in [3.05, 3.63) is 230 Å². The lowest BCUT2D eigenvalue weighted by Gasteiger charge is -2.02. The number of aryl methyl sites for hydroxylation is 6. The maximum absolute atomic E-state index is 7.16. The van der Waals surface area contributed by atoms with E-state index in [2.05, 4.69) is 279 Å². The first kappa shape index (κ1) is 101. The fraction of sp³-hybridized carbons (Fsp3) is 0.552. The van der Waals surface area contributed by atoms with Crippen molar-refractivity contribution in [2.45, 2.75) is 305 Å². The fourth-order valence-corrected chi connectivity index (χ4v) is 11.1. The van der Waals surface area contributed by atoms with Gasteiger partial charge < -0.3 is 13.4 Å². The van der Waals surface area contributed by atoms with Gasteiger partial charge in [-0.2, -0.15) is 44.9 Å². The van der Waals surface area contributed by atoms with Gasteiger partial charge in [0.1, 0.15) is 29.9 Å². The number of aromatic nitrogens is 24. The lowest BCUT2D eigenvalue weighted by molar-refractivity contribution is -0.727. The van der Waals surface area contributed by atoms with Crippen molar-refractivity contribution in [1.82, 2.24) is 113 Å². The van der Waals surface area contributed by atoms with Gasteiger partial charge in [0, 0.05) is 141 Å². The minimum Gasteiger partial charge on any atom is -0.448 e. The summed E-state index contributed by atoms with van der Waals surface area (Å²) < 4.78 is 57.4. The first-order valence-corrected chi connectivity index (χ1v) is 43.6. The molecule has 0 bridgehead atoms. The van der Waals surface area contributed by atoms with Crippen molar-refractivity contribution in [1.29, 1.82) is 0 Å². The standard InChI is InChI=1S/2C7H12N2.2C7H11NO.2C7H11NS.2C6H10N2.C6H9NO.2C6H9NS.3C5H9N3/c1-6(2)7-4-8-9(3)5-7;1-6(2)7-4-5-8-9(7)3;1-5(2)7-4-8-6(3)9-7;1-5(2)7-4-6(3)8-9-7;1-5(2)7-4-8-6(3)9-7;1-5(2)7-4-6(3)8-9-7;1-5(2)6-3-7-8-4-6;1-6(2)8-5-3-4-7-8;1-5(2)6-3-7-4-8-6;1-5(2)6-3-7-8-4-6;1-5(2)6-3-4-7-8-6;1-5(2)8-4-6-3-7-8;1-5(2)8-4-3-6-7-8;1-5(2)8-6-3-4-7-8/h2*4-6H,1-3H3;4*4-5H,1-3H3;3-5H,1-2H3,(H,7,8);3-6H,1-2H3;6*3-5H,1-2H3/p+1/i;3D3;;;;;;;;;;;;. The molecule has 31 heteroatoms. The molecule has 0 saturated carbocycles. The van der Waals surface area contributed by atoms with Crippen LogP contribution in [0.15, 0.2) is 167 Å². The minimum atomic E-state index is -2.15. The smallest absolute Gasteiger partial charge is 0.198 e. The number of nitrogens with zero attached hydrogens (tertiary/aromatic N) is 22. The first-order chi connectivity index (χ1) is 56.9. The molecular formula is C87H143N24O3S4+. The van der Waals surface area contributed by atoms with Gasteiger partial charge in [-0.3, -0.25) is 23.8 Å². The van der Waals surface area contributed by atoms with Gasteiger partial charge in [0.25, 0.3) is 0 Å². The molecule has 14 rings (SSSR count). The number of H-pyrrole nitrogens is 2. The van der Waals surface area contributed by atoms with E-state index in [1.165, 1.54) is 60.5 Å². The van der Waals surface area contributed by atoms with Gasteiger partial charge in [-0.15, -0.1) is 21.1 Å². The van der Waals surface area contributed by atoms with Crippen molar-refractivity contribution in [2.24, 2.45) is 14.0 Å². The second-order valence-electron chi connectivity index (χ2n) is 31.3. The van der Waals surface area contributed by atoms with Crippen LogP contribution in [0.2, 0.25) is 0 Å². The van der Waals surface area contributed by atoms with E-state index in [0.29, 0.717) is 77.4 Å². The molecule has 14 heterocycles. The van der Waals surface area contributed by atoms with Crippen molar-refractivity contribution in [3.8, 4) is 0 Å². The number of hydrogen-bond acceptors (Lipinski definition) is 23. The molecule has 0 aliphatic rings. The third-order valence-electron chi connectivity index (χ3n) is 15.8. The number of rotatable bonds is 14. The molecule has 652 valence electrons. The first-order valence-electron chi connectivity index (χ1n) is 41.9. The van der Waals surface area contributed by atoms with Gasteiger partial charge in [0.2, 0.25) is 0 Å². The maximum Gasteiger partial charge on any atom is 0.198 e. The topological polar surface area (TPSA) is 306 Å². The number of nitrogens with one attached hydrogen (secondary N) is 2. The highest BCUT2D eigenvalue weighted by Crippen LogP contribution is 2.23. The number of oxazole rings is 2. The Morgan fingerprint density at radius 2 is 1.13 bits per heavy atom. The fourth-order valence-electron chi connectivity index (χ4n) is 8.31. The molecule has 0 amide bonds. The van der Waals surface area contributed by atoms with Gasteiger partial charge in [0.05, 0.1) is 65.8 Å². The van der Waals surface area contributed by atoms with Crippen LogP contribution in [0.25, 0.3) is 0 Å². The summed E-state index contributed by atoms with van der Waals surface area (Å²) in [7, 11) is 1.99. The summed E-state index contributed by atoms with van der Waals surface area (Å²) in [6.07, 6.45) is 34.0. The maximum atomic E-state index is 7.16. The summed E-state index contributed by atoms with van der Waals surface area (Å²) >= 11 is 6.49. The van der Waals surface area contributed by atoms with Gasteiger partial charge in [-0.25, -0.2) is 28.7 Å². The second kappa shape index (κ2) is 60.0. The van der Waals surface area contributed by atoms with Gasteiger partial charge in [-0.05, 0) is 188 Å². The molecule has 118 heavy (non-hydrogen) atoms. The molecule has 0 aliphatic heterocycles. The van der Waals surface area contributed by atoms with Crippen LogP contribution in [0.5, 0.6) is 0 Å². The van der Waals surface area contributed by atoms with E-state index in [0.717, 1.165) is 44.9 Å². The van der Waals surface area contributed by atoms with Crippen molar-refractivity contribution < 1.29 is 22.2 Å². The largest absolute Gasteiger partial charge is 0.448 e. The van der Waals surface area contributed by atoms with Gasteiger partial charge in [0.15, 0.2) is 25.5 Å². The molecule has 0 spiro atoms. The van der Waals surface area contributed by atoms with E-state index in [1.807, 2.05) is 134 Å². The van der Waals surface area contributed by atoms with E-state index in [-0.39, 0.29) is 5.92 Å². The Bertz CT molecular complexity index is 3880. The Morgan fingerprint density at radius 1 is 0.492 bits per heavy atom. The second-order valence-corrected chi connectivity index (χ2v) is 34.9. The van der Waals surface area contributed by atoms with Crippen molar-refractivity contribution in [3.63, 3.8) is 0 Å². The zero-order valence-corrected chi connectivity index (χ0v) is 80.0. The summed E-state index contributed by atoms with van der Waals surface area (Å²) in [6.45, 7) is 64.7.